The first-order chi connectivity index (χ1) is 8.29. The fourth-order valence-corrected chi connectivity index (χ4v) is 1.39. The van der Waals surface area contributed by atoms with Gasteiger partial charge in [-0.05, 0) is 29.8 Å². The van der Waals surface area contributed by atoms with Crippen LogP contribution in [-0.4, -0.2) is 6.21 Å². The number of nitrogens with zero attached hydrogens (tertiary/aromatic N) is 2. The number of hydrogen-bond acceptors (Lipinski definition) is 3. The molecule has 0 amide bonds. The number of rotatable bonds is 2. The number of nitriles is 1. The Labute approximate surface area is 99.8 Å². The minimum absolute atomic E-state index is 0.640. The Bertz CT molecular complexity index is 577. The van der Waals surface area contributed by atoms with Crippen molar-refractivity contribution in [2.45, 2.75) is 0 Å². The van der Waals surface area contributed by atoms with E-state index in [-0.39, 0.29) is 0 Å². The molecule has 3 heteroatoms. The molecule has 0 radical (unpaired) electrons. The van der Waals surface area contributed by atoms with Gasteiger partial charge in [0.15, 0.2) is 0 Å². The zero-order chi connectivity index (χ0) is 12.1. The molecule has 0 bridgehead atoms. The number of anilines is 1. The summed E-state index contributed by atoms with van der Waals surface area (Å²) in [6.45, 7) is 0. The fourth-order valence-electron chi connectivity index (χ4n) is 1.39. The minimum Gasteiger partial charge on any atom is -0.397 e. The van der Waals surface area contributed by atoms with Crippen molar-refractivity contribution in [3.05, 3.63) is 59.7 Å². The lowest BCUT2D eigenvalue weighted by atomic mass is 10.2. The van der Waals surface area contributed by atoms with E-state index in [2.05, 4.69) is 11.1 Å². The molecule has 0 saturated heterocycles. The summed E-state index contributed by atoms with van der Waals surface area (Å²) in [6.07, 6.45) is 1.73. The Hall–Kier alpha value is -2.60. The van der Waals surface area contributed by atoms with Gasteiger partial charge < -0.3 is 5.73 Å². The average molecular weight is 221 g/mol. The maximum absolute atomic E-state index is 8.67. The van der Waals surface area contributed by atoms with Crippen LogP contribution in [0.2, 0.25) is 0 Å². The third kappa shape index (κ3) is 2.70. The number of hydrogen-bond donors (Lipinski definition) is 1. The summed E-state index contributed by atoms with van der Waals surface area (Å²) >= 11 is 0. The van der Waals surface area contributed by atoms with Gasteiger partial charge in [-0.2, -0.15) is 5.26 Å². The maximum Gasteiger partial charge on any atom is 0.0991 e. The second kappa shape index (κ2) is 4.95. The van der Waals surface area contributed by atoms with Crippen molar-refractivity contribution in [1.82, 2.24) is 0 Å². The van der Waals surface area contributed by atoms with Gasteiger partial charge >= 0.3 is 0 Å². The Kier molecular flexibility index (Phi) is 3.18. The molecule has 2 rings (SSSR count). The average Bonchev–Trinajstić information content (AvgIpc) is 2.38. The van der Waals surface area contributed by atoms with Crippen LogP contribution in [0.3, 0.4) is 0 Å². The first kappa shape index (κ1) is 10.9. The van der Waals surface area contributed by atoms with Crippen molar-refractivity contribution < 1.29 is 0 Å². The highest BCUT2D eigenvalue weighted by atomic mass is 14.8. The minimum atomic E-state index is 0.640. The fraction of sp³-hybridized carbons (Fsp3) is 0. The van der Waals surface area contributed by atoms with E-state index in [1.807, 2.05) is 36.4 Å². The molecular formula is C14H11N3. The van der Waals surface area contributed by atoms with Crippen LogP contribution in [0.4, 0.5) is 11.4 Å². The summed E-state index contributed by atoms with van der Waals surface area (Å²) in [5.41, 5.74) is 8.75. The molecule has 0 saturated carbocycles. The van der Waals surface area contributed by atoms with Gasteiger partial charge in [-0.15, -0.1) is 0 Å². The van der Waals surface area contributed by atoms with Gasteiger partial charge in [0.25, 0.3) is 0 Å². The zero-order valence-corrected chi connectivity index (χ0v) is 9.17. The number of benzene rings is 2. The number of aliphatic imine (C=N–C) groups is 1. The van der Waals surface area contributed by atoms with E-state index in [0.29, 0.717) is 11.3 Å². The predicted molar refractivity (Wildman–Crippen MR) is 69.3 cm³/mol. The van der Waals surface area contributed by atoms with E-state index in [9.17, 15) is 0 Å². The summed E-state index contributed by atoms with van der Waals surface area (Å²) in [7, 11) is 0. The molecule has 0 aliphatic rings. The second-order valence-electron chi connectivity index (χ2n) is 3.55. The SMILES string of the molecule is N#Cc1ccc(C=Nc2ccccc2N)cc1. The molecule has 0 aromatic heterocycles. The van der Waals surface area contributed by atoms with E-state index in [0.717, 1.165) is 11.3 Å². The Morgan fingerprint density at radius 3 is 2.41 bits per heavy atom. The van der Waals surface area contributed by atoms with Gasteiger partial charge in [-0.3, -0.25) is 4.99 Å². The van der Waals surface area contributed by atoms with Gasteiger partial charge in [0.1, 0.15) is 0 Å². The number of nitrogens with two attached hydrogens (primary N) is 1. The predicted octanol–water partition coefficient (Wildman–Crippen LogP) is 2.89. The first-order valence-electron chi connectivity index (χ1n) is 5.18. The third-order valence-corrected chi connectivity index (χ3v) is 2.33. The van der Waals surface area contributed by atoms with Crippen LogP contribution in [0.25, 0.3) is 0 Å². The highest BCUT2D eigenvalue weighted by Crippen LogP contribution is 2.20. The summed E-state index contributed by atoms with van der Waals surface area (Å²) < 4.78 is 0. The highest BCUT2D eigenvalue weighted by Gasteiger charge is 1.94. The van der Waals surface area contributed by atoms with Gasteiger partial charge in [-0.25, -0.2) is 0 Å². The number of para-hydroxylation sites is 2. The van der Waals surface area contributed by atoms with Crippen LogP contribution in [-0.2, 0) is 0 Å². The first-order valence-corrected chi connectivity index (χ1v) is 5.18. The van der Waals surface area contributed by atoms with Crippen LogP contribution in [0, 0.1) is 11.3 Å². The lowest BCUT2D eigenvalue weighted by molar-refractivity contribution is 1.48. The Morgan fingerprint density at radius 2 is 1.76 bits per heavy atom. The highest BCUT2D eigenvalue weighted by molar-refractivity contribution is 5.83. The van der Waals surface area contributed by atoms with E-state index in [1.165, 1.54) is 0 Å². The summed E-state index contributed by atoms with van der Waals surface area (Å²) in [5.74, 6) is 0. The molecule has 0 aliphatic heterocycles. The van der Waals surface area contributed by atoms with E-state index < -0.39 is 0 Å². The molecule has 0 unspecified atom stereocenters. The van der Waals surface area contributed by atoms with Crippen molar-refractivity contribution in [3.63, 3.8) is 0 Å². The Morgan fingerprint density at radius 1 is 1.06 bits per heavy atom. The molecule has 2 aromatic rings. The van der Waals surface area contributed by atoms with Gasteiger partial charge in [0.05, 0.1) is 23.0 Å². The third-order valence-electron chi connectivity index (χ3n) is 2.33. The van der Waals surface area contributed by atoms with Crippen molar-refractivity contribution in [1.29, 1.82) is 5.26 Å². The molecule has 0 atom stereocenters. The normalized spacial score (nSPS) is 10.3. The molecule has 0 aliphatic carbocycles. The summed E-state index contributed by atoms with van der Waals surface area (Å²) in [6, 6.07) is 16.7. The molecule has 0 spiro atoms. The van der Waals surface area contributed by atoms with E-state index in [1.54, 1.807) is 18.3 Å². The van der Waals surface area contributed by atoms with Crippen LogP contribution in [0.15, 0.2) is 53.5 Å². The quantitative estimate of drug-likeness (QED) is 0.626. The van der Waals surface area contributed by atoms with Crippen molar-refractivity contribution in [3.8, 4) is 6.07 Å². The lowest BCUT2D eigenvalue weighted by Gasteiger charge is -1.98. The van der Waals surface area contributed by atoms with Crippen molar-refractivity contribution >= 4 is 17.6 Å². The molecule has 3 nitrogen and oxygen atoms in total. The maximum atomic E-state index is 8.67. The molecular weight excluding hydrogens is 210 g/mol. The largest absolute Gasteiger partial charge is 0.397 e. The molecule has 0 fully saturated rings. The Balaban J connectivity index is 2.21. The van der Waals surface area contributed by atoms with E-state index >= 15 is 0 Å². The topological polar surface area (TPSA) is 62.2 Å². The summed E-state index contributed by atoms with van der Waals surface area (Å²) in [4.78, 5) is 4.30. The molecule has 0 heterocycles. The van der Waals surface area contributed by atoms with Crippen molar-refractivity contribution in [2.75, 3.05) is 5.73 Å². The molecule has 17 heavy (non-hydrogen) atoms. The molecule has 2 N–H and O–H groups in total. The lowest BCUT2D eigenvalue weighted by Crippen LogP contribution is -1.85. The van der Waals surface area contributed by atoms with Gasteiger partial charge in [0.2, 0.25) is 0 Å². The number of nitrogen functional groups attached to an aromatic ring is 1. The zero-order valence-electron chi connectivity index (χ0n) is 9.17. The van der Waals surface area contributed by atoms with Crippen LogP contribution >= 0.6 is 0 Å². The van der Waals surface area contributed by atoms with Crippen LogP contribution < -0.4 is 5.73 Å². The monoisotopic (exact) mass is 221 g/mol. The molecule has 2 aromatic carbocycles. The van der Waals surface area contributed by atoms with Crippen molar-refractivity contribution in [2.24, 2.45) is 4.99 Å². The van der Waals surface area contributed by atoms with E-state index in [4.69, 9.17) is 11.0 Å². The molecule has 82 valence electrons. The van der Waals surface area contributed by atoms with Gasteiger partial charge in [0, 0.05) is 6.21 Å². The summed E-state index contributed by atoms with van der Waals surface area (Å²) in [5, 5.41) is 8.67. The standard InChI is InChI=1S/C14H11N3/c15-9-11-5-7-12(8-6-11)10-17-14-4-2-1-3-13(14)16/h1-8,10H,16H2. The van der Waals surface area contributed by atoms with Crippen LogP contribution in [0.5, 0.6) is 0 Å². The second-order valence-corrected chi connectivity index (χ2v) is 3.55. The van der Waals surface area contributed by atoms with Gasteiger partial charge in [-0.1, -0.05) is 24.3 Å². The smallest absolute Gasteiger partial charge is 0.0991 e. The van der Waals surface area contributed by atoms with Crippen LogP contribution in [0.1, 0.15) is 11.1 Å².